The molecule has 0 atom stereocenters. The third-order valence-corrected chi connectivity index (χ3v) is 7.53. The van der Waals surface area contributed by atoms with Crippen molar-refractivity contribution < 1.29 is 9.59 Å². The average Bonchev–Trinajstić information content (AvgIpc) is 2.84. The van der Waals surface area contributed by atoms with E-state index in [1.165, 1.54) is 17.5 Å². The third-order valence-electron chi connectivity index (χ3n) is 6.86. The maximum Gasteiger partial charge on any atom is 0.253 e. The molecule has 4 rings (SSSR count). The molecule has 5 nitrogen and oxygen atoms in total. The fourth-order valence-corrected chi connectivity index (χ4v) is 4.77. The van der Waals surface area contributed by atoms with Crippen LogP contribution in [0.4, 0.5) is 11.4 Å². The monoisotopic (exact) mass is 467 g/mol. The quantitative estimate of drug-likeness (QED) is 0.550. The summed E-state index contributed by atoms with van der Waals surface area (Å²) in [6, 6.07) is 14.4. The van der Waals surface area contributed by atoms with Crippen molar-refractivity contribution in [2.24, 2.45) is 5.41 Å². The topological polar surface area (TPSA) is 61.4 Å². The van der Waals surface area contributed by atoms with Gasteiger partial charge in [-0.2, -0.15) is 0 Å². The summed E-state index contributed by atoms with van der Waals surface area (Å²) in [5.41, 5.74) is 4.11. The molecule has 1 aliphatic heterocycles. The number of rotatable bonds is 6. The molecule has 33 heavy (non-hydrogen) atoms. The standard InChI is InChI=1S/C27H34ClN3O2/c1-27(2,18-28)26(33)30-22-12-13-24(31-15-14-19-8-6-7-9-20(19)17-31)23(16-22)25(32)29-21-10-4-3-5-11-21/h6-9,12-13,16,21H,3-5,10-11,14-15,17-18H2,1-2H3,(H,29,32)(H,30,33). The number of halogens is 1. The van der Waals surface area contributed by atoms with Crippen molar-refractivity contribution in [1.29, 1.82) is 0 Å². The van der Waals surface area contributed by atoms with Gasteiger partial charge in [0, 0.05) is 36.4 Å². The Hall–Kier alpha value is -2.53. The van der Waals surface area contributed by atoms with E-state index < -0.39 is 5.41 Å². The lowest BCUT2D eigenvalue weighted by Gasteiger charge is -2.33. The van der Waals surface area contributed by atoms with Gasteiger partial charge in [-0.1, -0.05) is 43.5 Å². The molecule has 0 saturated heterocycles. The van der Waals surface area contributed by atoms with Crippen LogP contribution in [-0.4, -0.2) is 30.3 Å². The average molecular weight is 468 g/mol. The molecule has 1 heterocycles. The second-order valence-corrected chi connectivity index (χ2v) is 10.2. The summed E-state index contributed by atoms with van der Waals surface area (Å²) in [4.78, 5) is 28.4. The Morgan fingerprint density at radius 2 is 1.79 bits per heavy atom. The van der Waals surface area contributed by atoms with Gasteiger partial charge < -0.3 is 15.5 Å². The Balaban J connectivity index is 1.62. The van der Waals surface area contributed by atoms with E-state index in [0.29, 0.717) is 11.3 Å². The number of alkyl halides is 1. The van der Waals surface area contributed by atoms with Crippen molar-refractivity contribution in [3.63, 3.8) is 0 Å². The Morgan fingerprint density at radius 1 is 1.06 bits per heavy atom. The van der Waals surface area contributed by atoms with Crippen LogP contribution in [0.15, 0.2) is 42.5 Å². The molecule has 2 aromatic carbocycles. The zero-order valence-corrected chi connectivity index (χ0v) is 20.4. The van der Waals surface area contributed by atoms with Gasteiger partial charge in [0.1, 0.15) is 0 Å². The second kappa shape index (κ2) is 10.2. The van der Waals surface area contributed by atoms with Gasteiger partial charge in [0.15, 0.2) is 0 Å². The molecule has 1 saturated carbocycles. The van der Waals surface area contributed by atoms with E-state index >= 15 is 0 Å². The summed E-state index contributed by atoms with van der Waals surface area (Å²) in [5, 5.41) is 6.21. The van der Waals surface area contributed by atoms with Crippen molar-refractivity contribution in [3.8, 4) is 0 Å². The molecule has 1 aliphatic carbocycles. The molecule has 176 valence electrons. The lowest BCUT2D eigenvalue weighted by molar-refractivity contribution is -0.122. The minimum absolute atomic E-state index is 0.0662. The minimum Gasteiger partial charge on any atom is -0.366 e. The van der Waals surface area contributed by atoms with Gasteiger partial charge in [-0.05, 0) is 62.4 Å². The maximum atomic E-state index is 13.4. The van der Waals surface area contributed by atoms with Crippen LogP contribution in [0.1, 0.15) is 67.4 Å². The molecular weight excluding hydrogens is 434 g/mol. The Labute approximate surface area is 201 Å². The van der Waals surface area contributed by atoms with Crippen molar-refractivity contribution in [3.05, 3.63) is 59.2 Å². The largest absolute Gasteiger partial charge is 0.366 e. The molecule has 0 aromatic heterocycles. The van der Waals surface area contributed by atoms with E-state index in [2.05, 4.69) is 39.8 Å². The van der Waals surface area contributed by atoms with Crippen LogP contribution >= 0.6 is 11.6 Å². The number of anilines is 2. The smallest absolute Gasteiger partial charge is 0.253 e. The normalized spacial score (nSPS) is 16.8. The first-order valence-electron chi connectivity index (χ1n) is 12.0. The van der Waals surface area contributed by atoms with Crippen LogP contribution in [0.2, 0.25) is 0 Å². The highest BCUT2D eigenvalue weighted by Crippen LogP contribution is 2.31. The highest BCUT2D eigenvalue weighted by molar-refractivity contribution is 6.20. The number of fused-ring (bicyclic) bond motifs is 1. The van der Waals surface area contributed by atoms with E-state index in [4.69, 9.17) is 11.6 Å². The molecule has 2 N–H and O–H groups in total. The van der Waals surface area contributed by atoms with Crippen molar-refractivity contribution in [1.82, 2.24) is 5.32 Å². The highest BCUT2D eigenvalue weighted by Gasteiger charge is 2.28. The van der Waals surface area contributed by atoms with Gasteiger partial charge >= 0.3 is 0 Å². The SMILES string of the molecule is CC(C)(CCl)C(=O)Nc1ccc(N2CCc3ccccc3C2)c(C(=O)NC2CCCCC2)c1. The highest BCUT2D eigenvalue weighted by atomic mass is 35.5. The first-order valence-corrected chi connectivity index (χ1v) is 12.5. The molecule has 2 aromatic rings. The zero-order valence-electron chi connectivity index (χ0n) is 19.6. The molecule has 0 spiro atoms. The van der Waals surface area contributed by atoms with Crippen LogP contribution in [0.25, 0.3) is 0 Å². The number of hydrogen-bond donors (Lipinski definition) is 2. The van der Waals surface area contributed by atoms with Crippen molar-refractivity contribution >= 4 is 34.8 Å². The number of amides is 2. The van der Waals surface area contributed by atoms with Gasteiger partial charge in [-0.15, -0.1) is 11.6 Å². The molecule has 1 fully saturated rings. The van der Waals surface area contributed by atoms with Crippen LogP contribution in [0.5, 0.6) is 0 Å². The number of benzene rings is 2. The second-order valence-electron chi connectivity index (χ2n) is 9.95. The Bertz CT molecular complexity index is 1010. The molecule has 2 amide bonds. The molecule has 2 aliphatic rings. The Morgan fingerprint density at radius 3 is 2.52 bits per heavy atom. The van der Waals surface area contributed by atoms with Gasteiger partial charge in [0.25, 0.3) is 5.91 Å². The van der Waals surface area contributed by atoms with Crippen LogP contribution in [0.3, 0.4) is 0 Å². The zero-order chi connectivity index (χ0) is 23.4. The summed E-state index contributed by atoms with van der Waals surface area (Å²) < 4.78 is 0. The Kier molecular flexibility index (Phi) is 7.28. The van der Waals surface area contributed by atoms with Gasteiger partial charge in [0.05, 0.1) is 11.0 Å². The lowest BCUT2D eigenvalue weighted by atomic mass is 9.94. The molecular formula is C27H34ClN3O2. The number of carbonyl (C=O) groups excluding carboxylic acids is 2. The number of hydrogen-bond acceptors (Lipinski definition) is 3. The van der Waals surface area contributed by atoms with E-state index in [9.17, 15) is 9.59 Å². The predicted octanol–water partition coefficient (Wildman–Crippen LogP) is 5.52. The number of carbonyl (C=O) groups is 2. The van der Waals surface area contributed by atoms with E-state index in [-0.39, 0.29) is 23.7 Å². The summed E-state index contributed by atoms with van der Waals surface area (Å²) >= 11 is 5.98. The summed E-state index contributed by atoms with van der Waals surface area (Å²) in [7, 11) is 0. The molecule has 0 unspecified atom stereocenters. The van der Waals surface area contributed by atoms with Crippen LogP contribution < -0.4 is 15.5 Å². The van der Waals surface area contributed by atoms with Gasteiger partial charge in [0.2, 0.25) is 5.91 Å². The summed E-state index contributed by atoms with van der Waals surface area (Å²) in [6.07, 6.45) is 6.55. The molecule has 0 radical (unpaired) electrons. The number of nitrogens with one attached hydrogen (secondary N) is 2. The van der Waals surface area contributed by atoms with Crippen molar-refractivity contribution in [2.45, 2.75) is 65.0 Å². The predicted molar refractivity (Wildman–Crippen MR) is 135 cm³/mol. The number of nitrogens with zero attached hydrogens (tertiary/aromatic N) is 1. The molecule has 6 heteroatoms. The lowest BCUT2D eigenvalue weighted by Crippen LogP contribution is -2.38. The third kappa shape index (κ3) is 5.52. The summed E-state index contributed by atoms with van der Waals surface area (Å²) in [6.45, 7) is 5.24. The first kappa shape index (κ1) is 23.6. The fraction of sp³-hybridized carbons (Fsp3) is 0.481. The maximum absolute atomic E-state index is 13.4. The minimum atomic E-state index is -0.693. The molecule has 0 bridgehead atoms. The van der Waals surface area contributed by atoms with Gasteiger partial charge in [-0.3, -0.25) is 9.59 Å². The van der Waals surface area contributed by atoms with Crippen LogP contribution in [0, 0.1) is 5.41 Å². The van der Waals surface area contributed by atoms with E-state index in [1.54, 1.807) is 0 Å². The van der Waals surface area contributed by atoms with Crippen molar-refractivity contribution in [2.75, 3.05) is 22.6 Å². The first-order chi connectivity index (χ1) is 15.9. The van der Waals surface area contributed by atoms with Crippen LogP contribution in [-0.2, 0) is 17.8 Å². The van der Waals surface area contributed by atoms with E-state index in [1.807, 2.05) is 32.0 Å². The summed E-state index contributed by atoms with van der Waals surface area (Å²) in [5.74, 6) is -0.00156. The fourth-order valence-electron chi connectivity index (χ4n) is 4.64. The van der Waals surface area contributed by atoms with E-state index in [0.717, 1.165) is 50.9 Å². The van der Waals surface area contributed by atoms with Gasteiger partial charge in [-0.25, -0.2) is 0 Å².